The Balaban J connectivity index is 2.29. The molecule has 0 amide bonds. The average molecular weight is 149 g/mol. The zero-order valence-corrected chi connectivity index (χ0v) is 6.57. The molecule has 0 fully saturated rings. The van der Waals surface area contributed by atoms with Crippen LogP contribution in [-0.2, 0) is 6.67 Å². The van der Waals surface area contributed by atoms with Gasteiger partial charge in [-0.15, -0.1) is 0 Å². The molecule has 0 radical (unpaired) electrons. The van der Waals surface area contributed by atoms with Gasteiger partial charge in [0.2, 0.25) is 0 Å². The number of imidazole rings is 1. The fraction of sp³-hybridized carbons (Fsp3) is 0.375. The lowest BCUT2D eigenvalue weighted by Gasteiger charge is -2.23. The van der Waals surface area contributed by atoms with Crippen LogP contribution in [0.1, 0.15) is 12.6 Å². The highest BCUT2D eigenvalue weighted by molar-refractivity contribution is 5.44. The fourth-order valence-corrected chi connectivity index (χ4v) is 1.22. The minimum absolute atomic E-state index is 0.933. The number of fused-ring (bicyclic) bond motifs is 1. The second-order valence-corrected chi connectivity index (χ2v) is 2.65. The van der Waals surface area contributed by atoms with Crippen molar-refractivity contribution in [1.82, 2.24) is 14.5 Å². The molecule has 1 aliphatic rings. The van der Waals surface area contributed by atoms with Crippen molar-refractivity contribution in [3.8, 4) is 0 Å². The Morgan fingerprint density at radius 2 is 2.55 bits per heavy atom. The Morgan fingerprint density at radius 1 is 1.64 bits per heavy atom. The van der Waals surface area contributed by atoms with Crippen LogP contribution in [0.3, 0.4) is 0 Å². The fourth-order valence-electron chi connectivity index (χ4n) is 1.22. The third-order valence-electron chi connectivity index (χ3n) is 1.94. The van der Waals surface area contributed by atoms with Crippen LogP contribution in [0.2, 0.25) is 0 Å². The smallest absolute Gasteiger partial charge is 0.0965 e. The highest BCUT2D eigenvalue weighted by Gasteiger charge is 2.06. The predicted octanol–water partition coefficient (Wildman–Crippen LogP) is 1.15. The van der Waals surface area contributed by atoms with Crippen molar-refractivity contribution in [3.63, 3.8) is 0 Å². The van der Waals surface area contributed by atoms with E-state index in [4.69, 9.17) is 0 Å². The van der Waals surface area contributed by atoms with Crippen molar-refractivity contribution >= 4 is 6.08 Å². The Bertz CT molecular complexity index is 275. The molecule has 58 valence electrons. The lowest BCUT2D eigenvalue weighted by atomic mass is 10.4. The molecule has 11 heavy (non-hydrogen) atoms. The molecule has 2 rings (SSSR count). The van der Waals surface area contributed by atoms with Gasteiger partial charge in [-0.25, -0.2) is 4.98 Å². The molecular weight excluding hydrogens is 138 g/mol. The molecule has 1 aromatic heterocycles. The number of hydrogen-bond acceptors (Lipinski definition) is 2. The Kier molecular flexibility index (Phi) is 1.42. The van der Waals surface area contributed by atoms with Crippen LogP contribution in [0.5, 0.6) is 0 Å². The van der Waals surface area contributed by atoms with Crippen molar-refractivity contribution < 1.29 is 0 Å². The third-order valence-corrected chi connectivity index (χ3v) is 1.94. The van der Waals surface area contributed by atoms with Crippen molar-refractivity contribution in [2.75, 3.05) is 6.54 Å². The largest absolute Gasteiger partial charge is 0.360 e. The molecule has 0 atom stereocenters. The molecule has 2 heterocycles. The van der Waals surface area contributed by atoms with Gasteiger partial charge in [0.1, 0.15) is 0 Å². The van der Waals surface area contributed by atoms with Crippen LogP contribution in [0, 0.1) is 0 Å². The summed E-state index contributed by atoms with van der Waals surface area (Å²) >= 11 is 0. The number of hydrogen-bond donors (Lipinski definition) is 0. The van der Waals surface area contributed by atoms with E-state index in [0.29, 0.717) is 0 Å². The minimum Gasteiger partial charge on any atom is -0.360 e. The Hall–Kier alpha value is -1.25. The van der Waals surface area contributed by atoms with Gasteiger partial charge in [-0.05, 0) is 13.0 Å². The van der Waals surface area contributed by atoms with E-state index in [0.717, 1.165) is 13.2 Å². The molecule has 0 unspecified atom stereocenters. The van der Waals surface area contributed by atoms with E-state index < -0.39 is 0 Å². The van der Waals surface area contributed by atoms with E-state index in [9.17, 15) is 0 Å². The van der Waals surface area contributed by atoms with Crippen molar-refractivity contribution in [3.05, 3.63) is 24.4 Å². The maximum absolute atomic E-state index is 4.06. The van der Waals surface area contributed by atoms with Gasteiger partial charge < -0.3 is 9.47 Å². The van der Waals surface area contributed by atoms with Gasteiger partial charge in [-0.1, -0.05) is 0 Å². The van der Waals surface area contributed by atoms with Crippen LogP contribution in [0.15, 0.2) is 18.7 Å². The standard InChI is InChI=1S/C8H11N3/c1-2-10-4-3-8-5-9-6-11(8)7-10/h3-6H,2,7H2,1H3. The summed E-state index contributed by atoms with van der Waals surface area (Å²) in [5.41, 5.74) is 1.19. The Labute approximate surface area is 66.0 Å². The molecular formula is C8H11N3. The van der Waals surface area contributed by atoms with Crippen LogP contribution in [-0.4, -0.2) is 21.0 Å². The Morgan fingerprint density at radius 3 is 3.36 bits per heavy atom. The average Bonchev–Trinajstić information content (AvgIpc) is 2.50. The second-order valence-electron chi connectivity index (χ2n) is 2.65. The summed E-state index contributed by atoms with van der Waals surface area (Å²) in [5, 5.41) is 0. The normalized spacial score (nSPS) is 15.2. The van der Waals surface area contributed by atoms with E-state index >= 15 is 0 Å². The highest BCUT2D eigenvalue weighted by Crippen LogP contribution is 2.10. The summed E-state index contributed by atoms with van der Waals surface area (Å²) in [4.78, 5) is 6.29. The molecule has 1 aromatic rings. The summed E-state index contributed by atoms with van der Waals surface area (Å²) in [7, 11) is 0. The van der Waals surface area contributed by atoms with Crippen LogP contribution in [0.4, 0.5) is 0 Å². The van der Waals surface area contributed by atoms with Crippen LogP contribution in [0.25, 0.3) is 6.08 Å². The first-order chi connectivity index (χ1) is 5.40. The highest BCUT2D eigenvalue weighted by atomic mass is 15.3. The van der Waals surface area contributed by atoms with E-state index in [1.54, 1.807) is 0 Å². The van der Waals surface area contributed by atoms with Gasteiger partial charge in [0.25, 0.3) is 0 Å². The molecule has 1 aliphatic heterocycles. The van der Waals surface area contributed by atoms with Gasteiger partial charge in [0.05, 0.1) is 24.9 Å². The number of rotatable bonds is 1. The summed E-state index contributed by atoms with van der Waals surface area (Å²) in [5.74, 6) is 0. The molecule has 3 nitrogen and oxygen atoms in total. The van der Waals surface area contributed by atoms with E-state index in [1.807, 2.05) is 12.5 Å². The first-order valence-corrected chi connectivity index (χ1v) is 3.82. The monoisotopic (exact) mass is 149 g/mol. The first kappa shape index (κ1) is 6.46. The zero-order valence-electron chi connectivity index (χ0n) is 6.57. The molecule has 0 spiro atoms. The summed E-state index contributed by atoms with van der Waals surface area (Å²) in [6.45, 7) is 4.13. The first-order valence-electron chi connectivity index (χ1n) is 3.82. The summed E-state index contributed by atoms with van der Waals surface area (Å²) in [6.07, 6.45) is 7.93. The van der Waals surface area contributed by atoms with Crippen molar-refractivity contribution in [1.29, 1.82) is 0 Å². The van der Waals surface area contributed by atoms with E-state index in [1.165, 1.54) is 5.69 Å². The van der Waals surface area contributed by atoms with E-state index in [-0.39, 0.29) is 0 Å². The quantitative estimate of drug-likeness (QED) is 0.597. The number of nitrogens with zero attached hydrogens (tertiary/aromatic N) is 3. The van der Waals surface area contributed by atoms with Crippen molar-refractivity contribution in [2.24, 2.45) is 0 Å². The van der Waals surface area contributed by atoms with E-state index in [2.05, 4.69) is 33.7 Å². The summed E-state index contributed by atoms with van der Waals surface area (Å²) < 4.78 is 2.13. The molecule has 0 saturated carbocycles. The van der Waals surface area contributed by atoms with Crippen molar-refractivity contribution in [2.45, 2.75) is 13.6 Å². The maximum atomic E-state index is 4.06. The molecule has 0 saturated heterocycles. The van der Waals surface area contributed by atoms with Gasteiger partial charge in [0.15, 0.2) is 0 Å². The molecule has 0 aliphatic carbocycles. The maximum Gasteiger partial charge on any atom is 0.0965 e. The SMILES string of the molecule is CCN1C=Cc2cncn2C1. The minimum atomic E-state index is 0.933. The topological polar surface area (TPSA) is 21.1 Å². The van der Waals surface area contributed by atoms with Crippen LogP contribution >= 0.6 is 0 Å². The zero-order chi connectivity index (χ0) is 7.68. The predicted molar refractivity (Wildman–Crippen MR) is 43.6 cm³/mol. The van der Waals surface area contributed by atoms with Gasteiger partial charge in [0, 0.05) is 12.7 Å². The lowest BCUT2D eigenvalue weighted by Crippen LogP contribution is -2.23. The lowest BCUT2D eigenvalue weighted by molar-refractivity contribution is 0.312. The van der Waals surface area contributed by atoms with Gasteiger partial charge >= 0.3 is 0 Å². The molecule has 0 N–H and O–H groups in total. The van der Waals surface area contributed by atoms with Crippen LogP contribution < -0.4 is 0 Å². The van der Waals surface area contributed by atoms with Gasteiger partial charge in [-0.2, -0.15) is 0 Å². The molecule has 3 heteroatoms. The molecule has 0 bridgehead atoms. The molecule has 0 aromatic carbocycles. The summed E-state index contributed by atoms with van der Waals surface area (Å²) in [6, 6.07) is 0. The second kappa shape index (κ2) is 2.42. The number of aromatic nitrogens is 2. The van der Waals surface area contributed by atoms with Gasteiger partial charge in [-0.3, -0.25) is 0 Å². The third kappa shape index (κ3) is 1.02.